The zero-order valence-corrected chi connectivity index (χ0v) is 20.2. The number of hydrogen-bond donors (Lipinski definition) is 1. The summed E-state index contributed by atoms with van der Waals surface area (Å²) in [6, 6.07) is 20.6. The molecule has 1 aliphatic rings. The minimum Gasteiger partial charge on any atom is -0.465 e. The van der Waals surface area contributed by atoms with E-state index in [2.05, 4.69) is 30.3 Å². The molecule has 32 heavy (non-hydrogen) atoms. The fraction of sp³-hybridized carbons (Fsp3) is 0.536. The summed E-state index contributed by atoms with van der Waals surface area (Å²) < 4.78 is 11.0. The molecule has 1 unspecified atom stereocenters. The zero-order valence-electron chi connectivity index (χ0n) is 20.2. The number of hydrogen-bond acceptors (Lipinski definition) is 4. The Hall–Kier alpha value is -2.17. The Morgan fingerprint density at radius 3 is 1.88 bits per heavy atom. The minimum absolute atomic E-state index is 0.0146. The molecule has 0 amide bonds. The van der Waals surface area contributed by atoms with Crippen molar-refractivity contribution in [1.29, 1.82) is 0 Å². The molecule has 1 saturated carbocycles. The Morgan fingerprint density at radius 2 is 1.38 bits per heavy atom. The molecule has 0 saturated heterocycles. The molecular formula is C28H42O4. The van der Waals surface area contributed by atoms with Crippen molar-refractivity contribution in [3.8, 4) is 0 Å². The van der Waals surface area contributed by atoms with Gasteiger partial charge in [-0.3, -0.25) is 4.79 Å². The van der Waals surface area contributed by atoms with Gasteiger partial charge >= 0.3 is 5.97 Å². The SMILES string of the molecule is CCC(C)C(=O)OCCc1ccccc1.CO.c1ccc(CCOC2CCCCC2)cc1. The lowest BCUT2D eigenvalue weighted by molar-refractivity contribution is -0.147. The predicted octanol–water partition coefficient (Wildman–Crippen LogP) is 6.01. The first-order valence-electron chi connectivity index (χ1n) is 12.0. The van der Waals surface area contributed by atoms with E-state index in [1.165, 1.54) is 43.2 Å². The van der Waals surface area contributed by atoms with Gasteiger partial charge in [0, 0.05) is 13.5 Å². The van der Waals surface area contributed by atoms with Crippen LogP contribution in [0.25, 0.3) is 0 Å². The quantitative estimate of drug-likeness (QED) is 0.484. The Labute approximate surface area is 195 Å². The normalized spacial score (nSPS) is 14.2. The van der Waals surface area contributed by atoms with Crippen LogP contribution in [0.5, 0.6) is 0 Å². The molecule has 0 aliphatic heterocycles. The Balaban J connectivity index is 0.000000297. The second-order valence-electron chi connectivity index (χ2n) is 8.08. The number of carbonyl (C=O) groups excluding carboxylic acids is 1. The summed E-state index contributed by atoms with van der Waals surface area (Å²) >= 11 is 0. The molecule has 1 N–H and O–H groups in total. The van der Waals surface area contributed by atoms with Gasteiger partial charge in [-0.05, 0) is 36.8 Å². The molecule has 0 heterocycles. The van der Waals surface area contributed by atoms with E-state index in [4.69, 9.17) is 14.6 Å². The molecule has 0 bridgehead atoms. The summed E-state index contributed by atoms with van der Waals surface area (Å²) in [6.45, 7) is 5.25. The third-order valence-electron chi connectivity index (χ3n) is 5.63. The lowest BCUT2D eigenvalue weighted by atomic mass is 9.98. The van der Waals surface area contributed by atoms with Crippen molar-refractivity contribution in [2.75, 3.05) is 20.3 Å². The van der Waals surface area contributed by atoms with Crippen LogP contribution in [0.4, 0.5) is 0 Å². The average Bonchev–Trinajstić information content (AvgIpc) is 2.87. The highest BCUT2D eigenvalue weighted by Gasteiger charge is 2.13. The summed E-state index contributed by atoms with van der Waals surface area (Å²) in [7, 11) is 1.00. The van der Waals surface area contributed by atoms with Gasteiger partial charge < -0.3 is 14.6 Å². The second-order valence-corrected chi connectivity index (χ2v) is 8.08. The van der Waals surface area contributed by atoms with Gasteiger partial charge in [-0.2, -0.15) is 0 Å². The molecule has 0 spiro atoms. The molecule has 2 aromatic rings. The van der Waals surface area contributed by atoms with Crippen LogP contribution >= 0.6 is 0 Å². The van der Waals surface area contributed by atoms with Crippen LogP contribution in [0.15, 0.2) is 60.7 Å². The molecular weight excluding hydrogens is 400 g/mol. The summed E-state index contributed by atoms with van der Waals surface area (Å²) in [5.41, 5.74) is 2.59. The van der Waals surface area contributed by atoms with Crippen LogP contribution in [0.3, 0.4) is 0 Å². The topological polar surface area (TPSA) is 55.8 Å². The smallest absolute Gasteiger partial charge is 0.308 e. The maximum Gasteiger partial charge on any atom is 0.308 e. The Kier molecular flexibility index (Phi) is 16.0. The first-order chi connectivity index (χ1) is 15.7. The molecule has 3 rings (SSSR count). The highest BCUT2D eigenvalue weighted by atomic mass is 16.5. The molecule has 178 valence electrons. The average molecular weight is 443 g/mol. The first kappa shape index (κ1) is 27.9. The summed E-state index contributed by atoms with van der Waals surface area (Å²) in [5.74, 6) is -0.0748. The van der Waals surface area contributed by atoms with Gasteiger partial charge in [-0.15, -0.1) is 0 Å². The molecule has 1 atom stereocenters. The van der Waals surface area contributed by atoms with Crippen LogP contribution in [-0.4, -0.2) is 37.5 Å². The maximum atomic E-state index is 11.3. The molecule has 2 aromatic carbocycles. The second kappa shape index (κ2) is 18.4. The monoisotopic (exact) mass is 442 g/mol. The van der Waals surface area contributed by atoms with Crippen molar-refractivity contribution in [3.05, 3.63) is 71.8 Å². The highest BCUT2D eigenvalue weighted by molar-refractivity contribution is 5.71. The zero-order chi connectivity index (χ0) is 23.4. The number of rotatable bonds is 9. The number of aliphatic hydroxyl groups excluding tert-OH is 1. The largest absolute Gasteiger partial charge is 0.465 e. The molecule has 0 aromatic heterocycles. The van der Waals surface area contributed by atoms with Gasteiger partial charge in [0.15, 0.2) is 0 Å². The molecule has 1 aliphatic carbocycles. The van der Waals surface area contributed by atoms with Crippen molar-refractivity contribution in [2.45, 2.75) is 71.3 Å². The Bertz CT molecular complexity index is 681. The summed E-state index contributed by atoms with van der Waals surface area (Å²) in [5, 5.41) is 7.00. The van der Waals surface area contributed by atoms with Crippen molar-refractivity contribution in [3.63, 3.8) is 0 Å². The van der Waals surface area contributed by atoms with E-state index in [1.54, 1.807) is 0 Å². The number of ether oxygens (including phenoxy) is 2. The standard InChI is InChI=1S/C14H20O.C13H18O2.CH4O/c1-3-7-13(8-4-1)11-12-15-14-9-5-2-6-10-14;1-3-11(2)13(14)15-10-9-12-7-5-4-6-8-12;1-2/h1,3-4,7-8,14H,2,5-6,9-12H2;4-8,11H,3,9-10H2,1-2H3;2H,1H3. The van der Waals surface area contributed by atoms with E-state index in [0.29, 0.717) is 12.7 Å². The lowest BCUT2D eigenvalue weighted by Gasteiger charge is -2.21. The maximum absolute atomic E-state index is 11.3. The third kappa shape index (κ3) is 12.6. The fourth-order valence-electron chi connectivity index (χ4n) is 3.44. The van der Waals surface area contributed by atoms with Gasteiger partial charge in [0.2, 0.25) is 0 Å². The van der Waals surface area contributed by atoms with E-state index in [0.717, 1.165) is 33.0 Å². The van der Waals surface area contributed by atoms with Crippen molar-refractivity contribution in [1.82, 2.24) is 0 Å². The van der Waals surface area contributed by atoms with Gasteiger partial charge in [0.05, 0.1) is 25.2 Å². The molecule has 4 nitrogen and oxygen atoms in total. The number of benzene rings is 2. The van der Waals surface area contributed by atoms with Crippen LogP contribution in [0, 0.1) is 5.92 Å². The summed E-state index contributed by atoms with van der Waals surface area (Å²) in [6.07, 6.45) is 9.89. The third-order valence-corrected chi connectivity index (χ3v) is 5.63. The highest BCUT2D eigenvalue weighted by Crippen LogP contribution is 2.20. The first-order valence-corrected chi connectivity index (χ1v) is 12.0. The molecule has 4 heteroatoms. The number of esters is 1. The Morgan fingerprint density at radius 1 is 0.875 bits per heavy atom. The van der Waals surface area contributed by atoms with Gasteiger partial charge in [-0.1, -0.05) is 93.8 Å². The van der Waals surface area contributed by atoms with Gasteiger partial charge in [-0.25, -0.2) is 0 Å². The fourth-order valence-corrected chi connectivity index (χ4v) is 3.44. The summed E-state index contributed by atoms with van der Waals surface area (Å²) in [4.78, 5) is 11.3. The van der Waals surface area contributed by atoms with E-state index >= 15 is 0 Å². The van der Waals surface area contributed by atoms with Gasteiger partial charge in [0.25, 0.3) is 0 Å². The van der Waals surface area contributed by atoms with Crippen LogP contribution in [0.2, 0.25) is 0 Å². The van der Waals surface area contributed by atoms with Gasteiger partial charge in [0.1, 0.15) is 0 Å². The van der Waals surface area contributed by atoms with Crippen molar-refractivity contribution >= 4 is 5.97 Å². The van der Waals surface area contributed by atoms with E-state index in [1.807, 2.05) is 44.2 Å². The van der Waals surface area contributed by atoms with E-state index < -0.39 is 0 Å². The predicted molar refractivity (Wildman–Crippen MR) is 132 cm³/mol. The van der Waals surface area contributed by atoms with E-state index in [-0.39, 0.29) is 11.9 Å². The minimum atomic E-state index is -0.0894. The van der Waals surface area contributed by atoms with Crippen molar-refractivity contribution < 1.29 is 19.4 Å². The van der Waals surface area contributed by atoms with E-state index in [9.17, 15) is 4.79 Å². The van der Waals surface area contributed by atoms with Crippen LogP contribution in [-0.2, 0) is 27.1 Å². The van der Waals surface area contributed by atoms with Crippen LogP contribution < -0.4 is 0 Å². The van der Waals surface area contributed by atoms with Crippen molar-refractivity contribution in [2.24, 2.45) is 5.92 Å². The lowest BCUT2D eigenvalue weighted by Crippen LogP contribution is -2.17. The molecule has 1 fully saturated rings. The number of aliphatic hydroxyl groups is 1. The van der Waals surface area contributed by atoms with Crippen LogP contribution in [0.1, 0.15) is 63.5 Å². The molecule has 0 radical (unpaired) electrons. The number of carbonyl (C=O) groups is 1.